The van der Waals surface area contributed by atoms with Crippen molar-refractivity contribution in [2.24, 2.45) is 0 Å². The van der Waals surface area contributed by atoms with Crippen molar-refractivity contribution in [2.45, 2.75) is 12.3 Å². The molecule has 0 heteroatoms. The van der Waals surface area contributed by atoms with E-state index in [4.69, 9.17) is 0 Å². The maximum Gasteiger partial charge on any atom is 0.00498 e. The third-order valence-electron chi connectivity index (χ3n) is 2.89. The molecule has 0 fully saturated rings. The molecule has 0 nitrogen and oxygen atoms in total. The fourth-order valence-corrected chi connectivity index (χ4v) is 1.92. The fourth-order valence-electron chi connectivity index (χ4n) is 1.92. The molecule has 0 aliphatic rings. The monoisotopic (exact) mass is 221 g/mol. The molecule has 0 N–H and O–H groups in total. The number of benzene rings is 2. The summed E-state index contributed by atoms with van der Waals surface area (Å²) in [6.45, 7) is 3.92. The second-order valence-corrected chi connectivity index (χ2v) is 4.10. The smallest absolute Gasteiger partial charge is 0.00498 e. The summed E-state index contributed by atoms with van der Waals surface area (Å²) < 4.78 is 0. The van der Waals surface area contributed by atoms with E-state index in [1.807, 2.05) is 18.2 Å². The zero-order valence-corrected chi connectivity index (χ0v) is 9.92. The van der Waals surface area contributed by atoms with Crippen LogP contribution in [0.3, 0.4) is 0 Å². The van der Waals surface area contributed by atoms with E-state index in [0.717, 1.165) is 6.42 Å². The first-order chi connectivity index (χ1) is 8.40. The molecule has 2 aromatic rings. The molecule has 0 spiro atoms. The van der Waals surface area contributed by atoms with Gasteiger partial charge in [0.1, 0.15) is 0 Å². The summed E-state index contributed by atoms with van der Waals surface area (Å²) >= 11 is 0. The SMILES string of the molecule is C=CC([CH]Cc1ccccc1)c1ccccc1. The summed E-state index contributed by atoms with van der Waals surface area (Å²) in [7, 11) is 0. The maximum atomic E-state index is 3.92. The Morgan fingerprint density at radius 3 is 2.06 bits per heavy atom. The predicted molar refractivity (Wildman–Crippen MR) is 73.8 cm³/mol. The van der Waals surface area contributed by atoms with Gasteiger partial charge in [0.2, 0.25) is 0 Å². The summed E-state index contributed by atoms with van der Waals surface area (Å²) in [5.74, 6) is 0.330. The van der Waals surface area contributed by atoms with E-state index < -0.39 is 0 Å². The van der Waals surface area contributed by atoms with Crippen LogP contribution in [-0.2, 0) is 6.42 Å². The highest BCUT2D eigenvalue weighted by molar-refractivity contribution is 5.28. The van der Waals surface area contributed by atoms with Gasteiger partial charge in [-0.25, -0.2) is 0 Å². The molecular formula is C17H17. The van der Waals surface area contributed by atoms with Crippen LogP contribution in [0.2, 0.25) is 0 Å². The molecule has 85 valence electrons. The van der Waals surface area contributed by atoms with Crippen LogP contribution in [0.5, 0.6) is 0 Å². The molecule has 0 heterocycles. The van der Waals surface area contributed by atoms with Gasteiger partial charge in [-0.3, -0.25) is 0 Å². The third-order valence-corrected chi connectivity index (χ3v) is 2.89. The highest BCUT2D eigenvalue weighted by Crippen LogP contribution is 2.21. The van der Waals surface area contributed by atoms with Gasteiger partial charge < -0.3 is 0 Å². The van der Waals surface area contributed by atoms with Crippen molar-refractivity contribution in [3.63, 3.8) is 0 Å². The Bertz CT molecular complexity index is 442. The van der Waals surface area contributed by atoms with E-state index >= 15 is 0 Å². The normalized spacial score (nSPS) is 12.0. The Balaban J connectivity index is 2.00. The number of rotatable bonds is 5. The minimum atomic E-state index is 0.330. The van der Waals surface area contributed by atoms with Crippen LogP contribution in [0.1, 0.15) is 17.0 Å². The Hall–Kier alpha value is -1.82. The number of hydrogen-bond acceptors (Lipinski definition) is 0. The molecule has 1 unspecified atom stereocenters. The van der Waals surface area contributed by atoms with Gasteiger partial charge in [-0.05, 0) is 24.0 Å². The molecule has 0 saturated carbocycles. The second-order valence-electron chi connectivity index (χ2n) is 4.10. The van der Waals surface area contributed by atoms with Gasteiger partial charge in [-0.1, -0.05) is 66.7 Å². The lowest BCUT2D eigenvalue weighted by Gasteiger charge is -2.12. The Kier molecular flexibility index (Phi) is 4.15. The van der Waals surface area contributed by atoms with E-state index in [0.29, 0.717) is 5.92 Å². The molecule has 1 atom stereocenters. The Morgan fingerprint density at radius 2 is 1.47 bits per heavy atom. The van der Waals surface area contributed by atoms with Crippen LogP contribution in [0.25, 0.3) is 0 Å². The lowest BCUT2D eigenvalue weighted by Crippen LogP contribution is -1.98. The first-order valence-electron chi connectivity index (χ1n) is 5.95. The van der Waals surface area contributed by atoms with Gasteiger partial charge in [0.15, 0.2) is 0 Å². The van der Waals surface area contributed by atoms with Crippen LogP contribution < -0.4 is 0 Å². The predicted octanol–water partition coefficient (Wildman–Crippen LogP) is 4.40. The average Bonchev–Trinajstić information content (AvgIpc) is 2.42. The lowest BCUT2D eigenvalue weighted by atomic mass is 9.92. The number of hydrogen-bond donors (Lipinski definition) is 0. The van der Waals surface area contributed by atoms with Crippen LogP contribution in [0, 0.1) is 6.42 Å². The summed E-state index contributed by atoms with van der Waals surface area (Å²) in [6.07, 6.45) is 5.28. The minimum absolute atomic E-state index is 0.330. The van der Waals surface area contributed by atoms with Gasteiger partial charge in [-0.2, -0.15) is 0 Å². The van der Waals surface area contributed by atoms with Gasteiger partial charge in [0.25, 0.3) is 0 Å². The highest BCUT2D eigenvalue weighted by atomic mass is 14.1. The second kappa shape index (κ2) is 6.05. The van der Waals surface area contributed by atoms with E-state index in [9.17, 15) is 0 Å². The van der Waals surface area contributed by atoms with Crippen LogP contribution in [0.4, 0.5) is 0 Å². The van der Waals surface area contributed by atoms with Crippen molar-refractivity contribution >= 4 is 0 Å². The fraction of sp³-hybridized carbons (Fsp3) is 0.118. The van der Waals surface area contributed by atoms with Crippen molar-refractivity contribution in [3.8, 4) is 0 Å². The molecule has 0 bridgehead atoms. The third kappa shape index (κ3) is 3.32. The molecular weight excluding hydrogens is 204 g/mol. The topological polar surface area (TPSA) is 0 Å². The molecule has 0 saturated heterocycles. The summed E-state index contributed by atoms with van der Waals surface area (Å²) in [5.41, 5.74) is 2.65. The highest BCUT2D eigenvalue weighted by Gasteiger charge is 2.07. The first kappa shape index (κ1) is 11.7. The van der Waals surface area contributed by atoms with Gasteiger partial charge >= 0.3 is 0 Å². The molecule has 1 radical (unpaired) electrons. The molecule has 17 heavy (non-hydrogen) atoms. The largest absolute Gasteiger partial charge is 0.102 e. The first-order valence-corrected chi connectivity index (χ1v) is 5.95. The van der Waals surface area contributed by atoms with Crippen molar-refractivity contribution in [1.82, 2.24) is 0 Å². The molecule has 2 aromatic carbocycles. The van der Waals surface area contributed by atoms with Crippen LogP contribution in [0.15, 0.2) is 73.3 Å². The quantitative estimate of drug-likeness (QED) is 0.656. The van der Waals surface area contributed by atoms with E-state index in [1.54, 1.807) is 0 Å². The Labute approximate surface area is 104 Å². The maximum absolute atomic E-state index is 3.92. The van der Waals surface area contributed by atoms with E-state index in [-0.39, 0.29) is 0 Å². The molecule has 0 aliphatic heterocycles. The van der Waals surface area contributed by atoms with Gasteiger partial charge in [-0.15, -0.1) is 6.58 Å². The van der Waals surface area contributed by atoms with Crippen LogP contribution in [-0.4, -0.2) is 0 Å². The zero-order valence-electron chi connectivity index (χ0n) is 9.92. The van der Waals surface area contributed by atoms with Crippen molar-refractivity contribution < 1.29 is 0 Å². The standard InChI is InChI=1S/C17H17/c1-2-16(17-11-7-4-8-12-17)14-13-15-9-5-3-6-10-15/h2-12,14,16H,1,13H2. The Morgan fingerprint density at radius 1 is 0.882 bits per heavy atom. The summed E-state index contributed by atoms with van der Waals surface area (Å²) in [4.78, 5) is 0. The van der Waals surface area contributed by atoms with Gasteiger partial charge in [0.05, 0.1) is 0 Å². The van der Waals surface area contributed by atoms with Crippen LogP contribution >= 0.6 is 0 Å². The summed E-state index contributed by atoms with van der Waals surface area (Å²) in [5, 5.41) is 0. The molecule has 0 aromatic heterocycles. The molecule has 2 rings (SSSR count). The molecule has 0 amide bonds. The van der Waals surface area contributed by atoms with E-state index in [2.05, 4.69) is 61.5 Å². The average molecular weight is 221 g/mol. The lowest BCUT2D eigenvalue weighted by molar-refractivity contribution is 0.923. The molecule has 0 aliphatic carbocycles. The zero-order chi connectivity index (χ0) is 11.9. The van der Waals surface area contributed by atoms with Gasteiger partial charge in [0, 0.05) is 5.92 Å². The van der Waals surface area contributed by atoms with Crippen molar-refractivity contribution in [1.29, 1.82) is 0 Å². The van der Waals surface area contributed by atoms with Crippen molar-refractivity contribution in [2.75, 3.05) is 0 Å². The van der Waals surface area contributed by atoms with E-state index in [1.165, 1.54) is 11.1 Å². The van der Waals surface area contributed by atoms with Crippen molar-refractivity contribution in [3.05, 3.63) is 90.9 Å². The number of allylic oxidation sites excluding steroid dienone is 1. The summed E-state index contributed by atoms with van der Waals surface area (Å²) in [6, 6.07) is 21.0. The minimum Gasteiger partial charge on any atom is -0.102 e.